The molecule has 0 atom stereocenters. The Balaban J connectivity index is 1.16. The predicted molar refractivity (Wildman–Crippen MR) is 198 cm³/mol. The molecule has 9 aromatic rings. The van der Waals surface area contributed by atoms with E-state index in [4.69, 9.17) is 0 Å². The highest BCUT2D eigenvalue weighted by Crippen LogP contribution is 2.44. The third-order valence-corrected chi connectivity index (χ3v) is 9.42. The maximum absolute atomic E-state index is 2.34. The van der Waals surface area contributed by atoms with E-state index in [-0.39, 0.29) is 0 Å². The van der Waals surface area contributed by atoms with E-state index in [0.717, 1.165) is 0 Å². The van der Waals surface area contributed by atoms with Gasteiger partial charge in [0.15, 0.2) is 0 Å². The molecule has 0 amide bonds. The third kappa shape index (κ3) is 4.47. The molecule has 0 N–H and O–H groups in total. The first-order valence-electron chi connectivity index (χ1n) is 15.9. The van der Waals surface area contributed by atoms with Gasteiger partial charge in [0, 0.05) is 0 Å². The van der Waals surface area contributed by atoms with Crippen molar-refractivity contribution in [3.05, 3.63) is 182 Å². The lowest BCUT2D eigenvalue weighted by molar-refractivity contribution is 1.59. The maximum atomic E-state index is 2.34. The van der Waals surface area contributed by atoms with Crippen molar-refractivity contribution in [3.8, 4) is 44.5 Å². The molecule has 0 bridgehead atoms. The Morgan fingerprint density at radius 3 is 1.13 bits per heavy atom. The summed E-state index contributed by atoms with van der Waals surface area (Å²) in [6, 6.07) is 66.5. The van der Waals surface area contributed by atoms with Crippen LogP contribution in [0.3, 0.4) is 0 Å². The minimum absolute atomic E-state index is 1.22. The van der Waals surface area contributed by atoms with Gasteiger partial charge < -0.3 is 0 Å². The summed E-state index contributed by atoms with van der Waals surface area (Å²) < 4.78 is 0. The van der Waals surface area contributed by atoms with Gasteiger partial charge in [-0.25, -0.2) is 0 Å². The zero-order valence-electron chi connectivity index (χ0n) is 25.3. The molecule has 0 aliphatic heterocycles. The molecule has 46 heavy (non-hydrogen) atoms. The van der Waals surface area contributed by atoms with Crippen LogP contribution in [0.4, 0.5) is 0 Å². The minimum Gasteiger partial charge on any atom is -0.0616 e. The Labute approximate surface area is 268 Å². The normalized spacial score (nSPS) is 11.5. The Morgan fingerprint density at radius 1 is 0.196 bits per heavy atom. The monoisotopic (exact) mass is 582 g/mol. The van der Waals surface area contributed by atoms with Gasteiger partial charge in [0.2, 0.25) is 0 Å². The molecular weight excluding hydrogens is 553 g/mol. The lowest BCUT2D eigenvalue weighted by Crippen LogP contribution is -1.91. The summed E-state index contributed by atoms with van der Waals surface area (Å²) in [5.74, 6) is 0. The van der Waals surface area contributed by atoms with E-state index in [2.05, 4.69) is 182 Å². The first-order valence-corrected chi connectivity index (χ1v) is 15.9. The van der Waals surface area contributed by atoms with Gasteiger partial charge in [-0.2, -0.15) is 0 Å². The second-order valence-corrected chi connectivity index (χ2v) is 12.1. The molecule has 0 aliphatic carbocycles. The van der Waals surface area contributed by atoms with Crippen LogP contribution in [0.2, 0.25) is 0 Å². The van der Waals surface area contributed by atoms with E-state index in [1.165, 1.54) is 87.6 Å². The van der Waals surface area contributed by atoms with Crippen LogP contribution in [0.25, 0.3) is 87.6 Å². The van der Waals surface area contributed by atoms with Crippen LogP contribution < -0.4 is 0 Å². The van der Waals surface area contributed by atoms with Crippen molar-refractivity contribution in [1.82, 2.24) is 0 Å². The van der Waals surface area contributed by atoms with Gasteiger partial charge >= 0.3 is 0 Å². The summed E-state index contributed by atoms with van der Waals surface area (Å²) in [6.45, 7) is 0. The van der Waals surface area contributed by atoms with Crippen LogP contribution in [0.15, 0.2) is 182 Å². The van der Waals surface area contributed by atoms with E-state index in [0.29, 0.717) is 0 Å². The fourth-order valence-electron chi connectivity index (χ4n) is 7.17. The van der Waals surface area contributed by atoms with Crippen LogP contribution in [0, 0.1) is 0 Å². The van der Waals surface area contributed by atoms with Crippen LogP contribution >= 0.6 is 0 Å². The molecule has 9 aromatic carbocycles. The highest BCUT2D eigenvalue weighted by Gasteiger charge is 2.17. The molecule has 0 nitrogen and oxygen atoms in total. The van der Waals surface area contributed by atoms with E-state index in [9.17, 15) is 0 Å². The minimum atomic E-state index is 1.22. The van der Waals surface area contributed by atoms with Crippen LogP contribution in [-0.2, 0) is 0 Å². The summed E-state index contributed by atoms with van der Waals surface area (Å²) in [5.41, 5.74) is 9.96. The second-order valence-electron chi connectivity index (χ2n) is 12.1. The number of hydrogen-bond donors (Lipinski definition) is 0. The molecule has 214 valence electrons. The van der Waals surface area contributed by atoms with Crippen molar-refractivity contribution in [2.45, 2.75) is 0 Å². The van der Waals surface area contributed by atoms with Crippen LogP contribution in [0.1, 0.15) is 0 Å². The van der Waals surface area contributed by atoms with Crippen molar-refractivity contribution in [2.75, 3.05) is 0 Å². The van der Waals surface area contributed by atoms with E-state index in [1.807, 2.05) is 0 Å². The first-order chi connectivity index (χ1) is 22.8. The lowest BCUT2D eigenvalue weighted by atomic mass is 9.85. The average molecular weight is 583 g/mol. The van der Waals surface area contributed by atoms with Gasteiger partial charge in [-0.15, -0.1) is 0 Å². The van der Waals surface area contributed by atoms with Crippen molar-refractivity contribution in [2.24, 2.45) is 0 Å². The average Bonchev–Trinajstić information content (AvgIpc) is 3.13. The summed E-state index contributed by atoms with van der Waals surface area (Å²) in [7, 11) is 0. The van der Waals surface area contributed by atoms with Crippen LogP contribution in [0.5, 0.6) is 0 Å². The Morgan fingerprint density at radius 2 is 0.565 bits per heavy atom. The Bertz CT molecular complexity index is 2510. The smallest absolute Gasteiger partial charge is 0.00262 e. The molecule has 0 spiro atoms. The summed E-state index contributed by atoms with van der Waals surface area (Å²) >= 11 is 0. The molecule has 0 heteroatoms. The van der Waals surface area contributed by atoms with Crippen molar-refractivity contribution >= 4 is 43.1 Å². The summed E-state index contributed by atoms with van der Waals surface area (Å²) in [4.78, 5) is 0. The van der Waals surface area contributed by atoms with Crippen molar-refractivity contribution in [1.29, 1.82) is 0 Å². The molecule has 0 saturated heterocycles. The van der Waals surface area contributed by atoms with Crippen molar-refractivity contribution < 1.29 is 0 Å². The first kappa shape index (κ1) is 26.4. The summed E-state index contributed by atoms with van der Waals surface area (Å²) in [5, 5.41) is 10.2. The maximum Gasteiger partial charge on any atom is -0.00262 e. The van der Waals surface area contributed by atoms with Crippen molar-refractivity contribution in [3.63, 3.8) is 0 Å². The number of benzene rings is 9. The second kappa shape index (κ2) is 10.9. The molecule has 9 rings (SSSR count). The standard InChI is InChI=1S/C46H30/c1-3-12-35-29-39(26-22-31(35)10-1)38-15-9-14-37(28-38)33-20-24-34(25-21-33)45-41-16-5-7-18-43(41)46(44-19-8-6-17-42(44)45)40-27-23-32-11-2-4-13-36(32)30-40/h1-30H. The van der Waals surface area contributed by atoms with Gasteiger partial charge in [0.25, 0.3) is 0 Å². The predicted octanol–water partition coefficient (Wildman–Crippen LogP) is 13.0. The number of rotatable bonds is 4. The fourth-order valence-corrected chi connectivity index (χ4v) is 7.17. The molecule has 0 aliphatic rings. The third-order valence-electron chi connectivity index (χ3n) is 9.42. The molecular formula is C46H30. The highest BCUT2D eigenvalue weighted by atomic mass is 14.2. The van der Waals surface area contributed by atoms with E-state index < -0.39 is 0 Å². The topological polar surface area (TPSA) is 0 Å². The zero-order valence-corrected chi connectivity index (χ0v) is 25.3. The van der Waals surface area contributed by atoms with Gasteiger partial charge in [-0.3, -0.25) is 0 Å². The molecule has 0 fully saturated rings. The Hall–Kier alpha value is -5.98. The quantitative estimate of drug-likeness (QED) is 0.181. The molecule has 0 unspecified atom stereocenters. The van der Waals surface area contributed by atoms with Crippen LogP contribution in [-0.4, -0.2) is 0 Å². The summed E-state index contributed by atoms with van der Waals surface area (Å²) in [6.07, 6.45) is 0. The van der Waals surface area contributed by atoms with Gasteiger partial charge in [-0.05, 0) is 106 Å². The molecule has 0 heterocycles. The zero-order chi connectivity index (χ0) is 30.5. The highest BCUT2D eigenvalue weighted by molar-refractivity contribution is 6.21. The Kier molecular flexibility index (Phi) is 6.25. The largest absolute Gasteiger partial charge is 0.0616 e. The fraction of sp³-hybridized carbons (Fsp3) is 0. The number of hydrogen-bond acceptors (Lipinski definition) is 0. The number of fused-ring (bicyclic) bond motifs is 4. The SMILES string of the molecule is c1cc(-c2ccc(-c3c4ccccc4c(-c4ccc5ccccc5c4)c4ccccc34)cc2)cc(-c2ccc3ccccc3c2)c1. The van der Waals surface area contributed by atoms with E-state index >= 15 is 0 Å². The molecule has 0 radical (unpaired) electrons. The van der Waals surface area contributed by atoms with E-state index in [1.54, 1.807) is 0 Å². The molecule has 0 aromatic heterocycles. The molecule has 0 saturated carbocycles. The van der Waals surface area contributed by atoms with Gasteiger partial charge in [-0.1, -0.05) is 164 Å². The lowest BCUT2D eigenvalue weighted by Gasteiger charge is -2.18. The van der Waals surface area contributed by atoms with Gasteiger partial charge in [0.05, 0.1) is 0 Å². The van der Waals surface area contributed by atoms with Gasteiger partial charge in [0.1, 0.15) is 0 Å².